The summed E-state index contributed by atoms with van der Waals surface area (Å²) >= 11 is 0. The zero-order valence-electron chi connectivity index (χ0n) is 39.7. The zero-order chi connectivity index (χ0) is 48.0. The first-order valence-electron chi connectivity index (χ1n) is 23.2. The molecular formula is C53H59N7O8. The lowest BCUT2D eigenvalue weighted by Crippen LogP contribution is -2.42. The van der Waals surface area contributed by atoms with Crippen LogP contribution in [0.4, 0.5) is 5.69 Å². The fourth-order valence-corrected chi connectivity index (χ4v) is 8.11. The lowest BCUT2D eigenvalue weighted by Gasteiger charge is -2.34. The predicted molar refractivity (Wildman–Crippen MR) is 259 cm³/mol. The smallest absolute Gasteiger partial charge is 0.337 e. The number of carboxylic acid groups (broad SMARTS) is 2. The molecule has 0 spiro atoms. The van der Waals surface area contributed by atoms with Gasteiger partial charge in [-0.15, -0.1) is 0 Å². The summed E-state index contributed by atoms with van der Waals surface area (Å²) < 4.78 is 30.1. The van der Waals surface area contributed by atoms with E-state index in [1.807, 2.05) is 103 Å². The first-order valence-corrected chi connectivity index (χ1v) is 23.2. The van der Waals surface area contributed by atoms with Gasteiger partial charge in [-0.3, -0.25) is 4.68 Å². The Balaban J connectivity index is 1.04. The number of fused-ring (bicyclic) bond motifs is 1. The Bertz CT molecular complexity index is 2990. The second-order valence-corrected chi connectivity index (χ2v) is 19.8. The summed E-state index contributed by atoms with van der Waals surface area (Å²) in [4.78, 5) is 27.6. The Hall–Kier alpha value is -6.97. The molecule has 15 nitrogen and oxygen atoms in total. The highest BCUT2D eigenvalue weighted by molar-refractivity contribution is 5.91. The molecule has 9 rings (SSSR count). The number of para-hydroxylation sites is 2. The number of carbonyl (C=O) groups is 2. The first-order chi connectivity index (χ1) is 32.4. The van der Waals surface area contributed by atoms with Crippen LogP contribution >= 0.6 is 0 Å². The van der Waals surface area contributed by atoms with Gasteiger partial charge in [0.15, 0.2) is 11.2 Å². The molecule has 2 fully saturated rings. The van der Waals surface area contributed by atoms with Crippen molar-refractivity contribution in [2.24, 2.45) is 5.41 Å². The van der Waals surface area contributed by atoms with E-state index in [4.69, 9.17) is 34.2 Å². The van der Waals surface area contributed by atoms with Crippen LogP contribution in [0.15, 0.2) is 103 Å². The molecule has 3 aromatic heterocycles. The van der Waals surface area contributed by atoms with Gasteiger partial charge in [-0.2, -0.15) is 15.3 Å². The third kappa shape index (κ3) is 9.85. The van der Waals surface area contributed by atoms with Crippen molar-refractivity contribution in [1.82, 2.24) is 29.3 Å². The molecule has 4 aromatic carbocycles. The fraction of sp³-hybridized carbons (Fsp3) is 0.377. The maximum Gasteiger partial charge on any atom is 0.337 e. The molecule has 1 unspecified atom stereocenters. The number of ether oxygens (including phenoxy) is 4. The molecule has 15 heteroatoms. The zero-order valence-corrected chi connectivity index (χ0v) is 39.7. The van der Waals surface area contributed by atoms with E-state index in [9.17, 15) is 19.8 Å². The molecule has 68 heavy (non-hydrogen) atoms. The van der Waals surface area contributed by atoms with Gasteiger partial charge in [0.05, 0.1) is 83.5 Å². The molecule has 354 valence electrons. The summed E-state index contributed by atoms with van der Waals surface area (Å²) in [6.07, 6.45) is 3.35. The number of aryl methyl sites for hydroxylation is 1. The molecular weight excluding hydrogens is 863 g/mol. The third-order valence-electron chi connectivity index (χ3n) is 12.3. The van der Waals surface area contributed by atoms with Crippen LogP contribution in [-0.2, 0) is 38.8 Å². The molecule has 4 heterocycles. The topological polar surface area (TPSA) is 168 Å². The molecule has 1 saturated heterocycles. The van der Waals surface area contributed by atoms with Crippen LogP contribution in [-0.4, -0.2) is 88.5 Å². The Morgan fingerprint density at radius 1 is 0.676 bits per heavy atom. The average Bonchev–Trinajstić information content (AvgIpc) is 3.68. The third-order valence-corrected chi connectivity index (χ3v) is 12.3. The van der Waals surface area contributed by atoms with E-state index in [2.05, 4.69) is 37.8 Å². The molecule has 1 aliphatic heterocycles. The average molecular weight is 922 g/mol. The molecule has 0 bridgehead atoms. The normalized spacial score (nSPS) is 15.0. The summed E-state index contributed by atoms with van der Waals surface area (Å²) in [6, 6.07) is 33.5. The lowest BCUT2D eigenvalue weighted by molar-refractivity contribution is -0.167. The highest BCUT2D eigenvalue weighted by atomic mass is 16.5. The number of carboxylic acids is 2. The fourth-order valence-electron chi connectivity index (χ4n) is 8.11. The maximum absolute atomic E-state index is 13.3. The number of hydrogen-bond acceptors (Lipinski definition) is 10. The Morgan fingerprint density at radius 3 is 1.87 bits per heavy atom. The Kier molecular flexibility index (Phi) is 12.4. The molecule has 1 aliphatic carbocycles. The minimum Gasteiger partial charge on any atom is -0.493 e. The minimum atomic E-state index is -1.73. The number of hydrogen-bond donors (Lipinski definition) is 2. The summed E-state index contributed by atoms with van der Waals surface area (Å²) in [5.74, 6) is -0.753. The summed E-state index contributed by atoms with van der Waals surface area (Å²) in [5, 5.41) is 36.3. The predicted octanol–water partition coefficient (Wildman–Crippen LogP) is 9.67. The van der Waals surface area contributed by atoms with Crippen molar-refractivity contribution >= 4 is 28.5 Å². The summed E-state index contributed by atoms with van der Waals surface area (Å²) in [7, 11) is 0. The number of aliphatic carboxylic acids is 2. The molecule has 7 aromatic rings. The standard InChI is InChI=1S/C53H59N7O8/c1-34-48-44(20-12-21-45(48)60-47(28-37(56-60)30-66-52(5,6)49(61)62)36-15-11-17-41(27-36)68-39-22-23-39)58(54-34)32-53(7,50(63)64)67-31-38-29-46(35-14-10-16-40(26-35)65-33-51(2,3)4)59(55-38)43-19-9-8-18-42(43)57-24-13-25-57/h8-12,14-21,26-29,39H,13,22-25,30-33H2,1-7H3,(H,61,62)(H,63,64). The molecule has 1 saturated carbocycles. The molecule has 1 atom stereocenters. The van der Waals surface area contributed by atoms with Crippen molar-refractivity contribution < 1.29 is 38.7 Å². The summed E-state index contributed by atoms with van der Waals surface area (Å²) in [5.41, 5.74) is 5.16. The summed E-state index contributed by atoms with van der Waals surface area (Å²) in [6.45, 7) is 15.0. The van der Waals surface area contributed by atoms with Crippen molar-refractivity contribution in [2.45, 2.75) is 105 Å². The molecule has 2 N–H and O–H groups in total. The van der Waals surface area contributed by atoms with E-state index in [0.717, 1.165) is 83.1 Å². The first kappa shape index (κ1) is 46.2. The minimum absolute atomic E-state index is 0.0247. The Morgan fingerprint density at radius 2 is 1.26 bits per heavy atom. The maximum atomic E-state index is 13.3. The second kappa shape index (κ2) is 18.3. The number of rotatable bonds is 19. The second-order valence-electron chi connectivity index (χ2n) is 19.8. The van der Waals surface area contributed by atoms with Crippen molar-refractivity contribution in [3.63, 3.8) is 0 Å². The largest absolute Gasteiger partial charge is 0.493 e. The van der Waals surface area contributed by atoms with Crippen molar-refractivity contribution in [1.29, 1.82) is 0 Å². The van der Waals surface area contributed by atoms with Gasteiger partial charge in [-0.25, -0.2) is 19.0 Å². The quantitative estimate of drug-likeness (QED) is 0.0789. The van der Waals surface area contributed by atoms with Crippen LogP contribution in [0.3, 0.4) is 0 Å². The van der Waals surface area contributed by atoms with Crippen LogP contribution < -0.4 is 14.4 Å². The highest BCUT2D eigenvalue weighted by Gasteiger charge is 2.37. The molecule has 0 radical (unpaired) electrons. The SMILES string of the molecule is Cc1nn(CC(C)(OCc2cc(-c3cccc(OCC(C)(C)C)c3)n(-c3ccccc3N3CCC3)n2)C(=O)O)c2cccc(-n3nc(COC(C)(C)C(=O)O)cc3-c3cccc(OC4CC4)c3)c12. The number of aromatic nitrogens is 6. The highest BCUT2D eigenvalue weighted by Crippen LogP contribution is 2.37. The van der Waals surface area contributed by atoms with Crippen molar-refractivity contribution in [2.75, 3.05) is 24.6 Å². The van der Waals surface area contributed by atoms with Crippen LogP contribution in [0.25, 0.3) is 44.8 Å². The van der Waals surface area contributed by atoms with Gasteiger partial charge < -0.3 is 34.1 Å². The number of nitrogens with zero attached hydrogens (tertiary/aromatic N) is 7. The lowest BCUT2D eigenvalue weighted by atomic mass is 9.99. The number of benzene rings is 4. The van der Waals surface area contributed by atoms with Gasteiger partial charge in [0.1, 0.15) is 11.5 Å². The van der Waals surface area contributed by atoms with E-state index in [0.29, 0.717) is 34.9 Å². The molecule has 0 amide bonds. The molecule has 2 aliphatic rings. The van der Waals surface area contributed by atoms with Gasteiger partial charge in [-0.1, -0.05) is 63.2 Å². The van der Waals surface area contributed by atoms with E-state index in [1.165, 1.54) is 13.8 Å². The van der Waals surface area contributed by atoms with Gasteiger partial charge in [0, 0.05) is 29.6 Å². The van der Waals surface area contributed by atoms with Gasteiger partial charge >= 0.3 is 11.9 Å². The van der Waals surface area contributed by atoms with Crippen molar-refractivity contribution in [3.8, 4) is 45.4 Å². The van der Waals surface area contributed by atoms with Crippen LogP contribution in [0.5, 0.6) is 11.5 Å². The van der Waals surface area contributed by atoms with Crippen LogP contribution in [0.2, 0.25) is 0 Å². The monoisotopic (exact) mass is 921 g/mol. The van der Waals surface area contributed by atoms with Crippen molar-refractivity contribution in [3.05, 3.63) is 120 Å². The van der Waals surface area contributed by atoms with Gasteiger partial charge in [0.25, 0.3) is 0 Å². The van der Waals surface area contributed by atoms with Gasteiger partial charge in [0.2, 0.25) is 0 Å². The Labute approximate surface area is 395 Å². The van der Waals surface area contributed by atoms with Crippen LogP contribution in [0, 0.1) is 12.3 Å². The van der Waals surface area contributed by atoms with E-state index < -0.39 is 23.1 Å². The van der Waals surface area contributed by atoms with E-state index in [-0.39, 0.29) is 31.3 Å². The van der Waals surface area contributed by atoms with E-state index >= 15 is 0 Å². The number of anilines is 1. The van der Waals surface area contributed by atoms with E-state index in [1.54, 1.807) is 16.3 Å². The van der Waals surface area contributed by atoms with Crippen LogP contribution in [0.1, 0.15) is 77.9 Å². The van der Waals surface area contributed by atoms with Gasteiger partial charge in [-0.05, 0) is 113 Å².